The molecule has 0 aliphatic carbocycles. The summed E-state index contributed by atoms with van der Waals surface area (Å²) in [6.45, 7) is 2.12. The van der Waals surface area contributed by atoms with Crippen molar-refractivity contribution < 1.29 is 5.11 Å². The van der Waals surface area contributed by atoms with Gasteiger partial charge in [0.25, 0.3) is 0 Å². The van der Waals surface area contributed by atoms with Crippen molar-refractivity contribution >= 4 is 33.3 Å². The minimum absolute atomic E-state index is 0.155. The molecule has 1 heterocycles. The summed E-state index contributed by atoms with van der Waals surface area (Å²) in [5.41, 5.74) is 0. The quantitative estimate of drug-likeness (QED) is 0.891. The van der Waals surface area contributed by atoms with E-state index in [0.717, 1.165) is 4.47 Å². The number of aromatic nitrogens is 1. The van der Waals surface area contributed by atoms with Crippen LogP contribution in [0.25, 0.3) is 0 Å². The second-order valence-electron chi connectivity index (χ2n) is 3.04. The topological polar surface area (TPSA) is 45.1 Å². The van der Waals surface area contributed by atoms with E-state index in [-0.39, 0.29) is 12.6 Å². The van der Waals surface area contributed by atoms with Gasteiger partial charge in [-0.1, -0.05) is 11.6 Å². The number of hydrogen-bond acceptors (Lipinski definition) is 3. The van der Waals surface area contributed by atoms with Gasteiger partial charge in [-0.05, 0) is 35.3 Å². The van der Waals surface area contributed by atoms with Crippen molar-refractivity contribution in [2.24, 2.45) is 0 Å². The van der Waals surface area contributed by atoms with Crippen LogP contribution >= 0.6 is 27.5 Å². The second-order valence-corrected chi connectivity index (χ2v) is 4.36. The largest absolute Gasteiger partial charge is 0.396 e. The number of rotatable bonds is 4. The molecule has 0 amide bonds. The highest BCUT2D eigenvalue weighted by Crippen LogP contribution is 2.23. The minimum atomic E-state index is 0.155. The first-order valence-corrected chi connectivity index (χ1v) is 5.49. The Bertz CT molecular complexity index is 309. The molecule has 0 radical (unpaired) electrons. The van der Waals surface area contributed by atoms with Crippen LogP contribution in [0.2, 0.25) is 5.02 Å². The zero-order valence-electron chi connectivity index (χ0n) is 7.80. The van der Waals surface area contributed by atoms with Crippen LogP contribution in [-0.2, 0) is 0 Å². The van der Waals surface area contributed by atoms with Crippen molar-refractivity contribution in [3.05, 3.63) is 21.8 Å². The fourth-order valence-electron chi connectivity index (χ4n) is 1.02. The molecule has 0 saturated carbocycles. The lowest BCUT2D eigenvalue weighted by Gasteiger charge is -2.13. The Kier molecular flexibility index (Phi) is 4.65. The van der Waals surface area contributed by atoms with Crippen LogP contribution in [0.1, 0.15) is 13.3 Å². The number of nitrogens with zero attached hydrogens (tertiary/aromatic N) is 1. The third-order valence-electron chi connectivity index (χ3n) is 1.75. The van der Waals surface area contributed by atoms with Crippen molar-refractivity contribution in [2.45, 2.75) is 19.4 Å². The van der Waals surface area contributed by atoms with Crippen molar-refractivity contribution in [2.75, 3.05) is 11.9 Å². The number of aliphatic hydroxyl groups excluding tert-OH is 1. The Morgan fingerprint density at radius 3 is 3.00 bits per heavy atom. The van der Waals surface area contributed by atoms with Gasteiger partial charge in [-0.2, -0.15) is 0 Å². The summed E-state index contributed by atoms with van der Waals surface area (Å²) in [5.74, 6) is 0.649. The molecule has 1 rings (SSSR count). The SMILES string of the molecule is CC(CCO)Nc1ncc(Br)cc1Cl. The lowest BCUT2D eigenvalue weighted by molar-refractivity contribution is 0.282. The minimum Gasteiger partial charge on any atom is -0.396 e. The zero-order valence-corrected chi connectivity index (χ0v) is 10.1. The zero-order chi connectivity index (χ0) is 10.6. The van der Waals surface area contributed by atoms with Gasteiger partial charge in [-0.25, -0.2) is 4.98 Å². The average Bonchev–Trinajstić information content (AvgIpc) is 2.10. The van der Waals surface area contributed by atoms with Crippen LogP contribution in [0.3, 0.4) is 0 Å². The maximum atomic E-state index is 8.73. The Balaban J connectivity index is 2.67. The van der Waals surface area contributed by atoms with E-state index in [0.29, 0.717) is 17.3 Å². The summed E-state index contributed by atoms with van der Waals surface area (Å²) >= 11 is 9.23. The van der Waals surface area contributed by atoms with Crippen LogP contribution in [0, 0.1) is 0 Å². The molecule has 78 valence electrons. The summed E-state index contributed by atoms with van der Waals surface area (Å²) in [5, 5.41) is 12.4. The summed E-state index contributed by atoms with van der Waals surface area (Å²) < 4.78 is 0.850. The smallest absolute Gasteiger partial charge is 0.145 e. The van der Waals surface area contributed by atoms with Gasteiger partial charge in [-0.15, -0.1) is 0 Å². The Morgan fingerprint density at radius 1 is 1.71 bits per heavy atom. The molecule has 14 heavy (non-hydrogen) atoms. The van der Waals surface area contributed by atoms with Crippen LogP contribution in [0.15, 0.2) is 16.7 Å². The highest BCUT2D eigenvalue weighted by atomic mass is 79.9. The van der Waals surface area contributed by atoms with Crippen molar-refractivity contribution in [1.29, 1.82) is 0 Å². The van der Waals surface area contributed by atoms with Gasteiger partial charge in [0, 0.05) is 23.3 Å². The normalized spacial score (nSPS) is 12.6. The van der Waals surface area contributed by atoms with Gasteiger partial charge in [0.15, 0.2) is 0 Å². The van der Waals surface area contributed by atoms with E-state index in [4.69, 9.17) is 16.7 Å². The van der Waals surface area contributed by atoms with E-state index < -0.39 is 0 Å². The molecular weight excluding hydrogens is 267 g/mol. The third kappa shape index (κ3) is 3.44. The van der Waals surface area contributed by atoms with Crippen molar-refractivity contribution in [3.8, 4) is 0 Å². The summed E-state index contributed by atoms with van der Waals surface area (Å²) in [6.07, 6.45) is 2.36. The van der Waals surface area contributed by atoms with E-state index in [1.54, 1.807) is 12.3 Å². The van der Waals surface area contributed by atoms with Crippen molar-refractivity contribution in [3.63, 3.8) is 0 Å². The first-order valence-electron chi connectivity index (χ1n) is 4.32. The van der Waals surface area contributed by atoms with E-state index >= 15 is 0 Å². The summed E-state index contributed by atoms with van der Waals surface area (Å²) in [7, 11) is 0. The molecule has 1 unspecified atom stereocenters. The van der Waals surface area contributed by atoms with E-state index in [1.165, 1.54) is 0 Å². The number of anilines is 1. The molecule has 1 aromatic rings. The Labute approximate surface area is 96.6 Å². The average molecular weight is 280 g/mol. The van der Waals surface area contributed by atoms with E-state index in [9.17, 15) is 0 Å². The summed E-state index contributed by atoms with van der Waals surface area (Å²) in [4.78, 5) is 4.13. The fraction of sp³-hybridized carbons (Fsp3) is 0.444. The van der Waals surface area contributed by atoms with Gasteiger partial charge in [0.05, 0.1) is 5.02 Å². The molecule has 0 aromatic carbocycles. The molecule has 5 heteroatoms. The number of aliphatic hydroxyl groups is 1. The molecule has 0 spiro atoms. The molecule has 3 nitrogen and oxygen atoms in total. The second kappa shape index (κ2) is 5.53. The van der Waals surface area contributed by atoms with Crippen LogP contribution < -0.4 is 5.32 Å². The van der Waals surface area contributed by atoms with Gasteiger partial charge < -0.3 is 10.4 Å². The highest BCUT2D eigenvalue weighted by Gasteiger charge is 2.06. The first kappa shape index (κ1) is 11.8. The predicted molar refractivity (Wildman–Crippen MR) is 61.7 cm³/mol. The number of nitrogens with one attached hydrogen (secondary N) is 1. The molecule has 0 aliphatic heterocycles. The van der Waals surface area contributed by atoms with E-state index in [1.807, 2.05) is 6.92 Å². The maximum Gasteiger partial charge on any atom is 0.145 e. The summed E-state index contributed by atoms with van der Waals surface area (Å²) in [6, 6.07) is 1.94. The lowest BCUT2D eigenvalue weighted by atomic mass is 10.2. The third-order valence-corrected chi connectivity index (χ3v) is 2.47. The lowest BCUT2D eigenvalue weighted by Crippen LogP contribution is -2.17. The molecule has 0 saturated heterocycles. The molecule has 0 aliphatic rings. The molecular formula is C9H12BrClN2O. The fourth-order valence-corrected chi connectivity index (χ4v) is 1.70. The number of hydrogen-bond donors (Lipinski definition) is 2. The van der Waals surface area contributed by atoms with Gasteiger partial charge >= 0.3 is 0 Å². The molecule has 1 atom stereocenters. The Morgan fingerprint density at radius 2 is 2.43 bits per heavy atom. The highest BCUT2D eigenvalue weighted by molar-refractivity contribution is 9.10. The first-order chi connectivity index (χ1) is 6.63. The van der Waals surface area contributed by atoms with Gasteiger partial charge in [0.2, 0.25) is 0 Å². The van der Waals surface area contributed by atoms with E-state index in [2.05, 4.69) is 26.2 Å². The molecule has 0 fully saturated rings. The molecule has 1 aromatic heterocycles. The standard InChI is InChI=1S/C9H12BrClN2O/c1-6(2-3-14)13-9-8(11)4-7(10)5-12-9/h4-6,14H,2-3H2,1H3,(H,12,13). The van der Waals surface area contributed by atoms with Gasteiger partial charge in [0.1, 0.15) is 5.82 Å². The molecule has 2 N–H and O–H groups in total. The molecule has 0 bridgehead atoms. The maximum absolute atomic E-state index is 8.73. The van der Waals surface area contributed by atoms with Crippen LogP contribution in [0.4, 0.5) is 5.82 Å². The van der Waals surface area contributed by atoms with Crippen LogP contribution in [-0.4, -0.2) is 22.7 Å². The Hall–Kier alpha value is -0.320. The number of halogens is 2. The van der Waals surface area contributed by atoms with Crippen LogP contribution in [0.5, 0.6) is 0 Å². The van der Waals surface area contributed by atoms with Crippen molar-refractivity contribution in [1.82, 2.24) is 4.98 Å². The van der Waals surface area contributed by atoms with Gasteiger partial charge in [-0.3, -0.25) is 0 Å². The number of pyridine rings is 1. The predicted octanol–water partition coefficient (Wildman–Crippen LogP) is 2.68. The monoisotopic (exact) mass is 278 g/mol.